The quantitative estimate of drug-likeness (QED) is 0.732. The Labute approximate surface area is 171 Å². The second-order valence-electron chi connectivity index (χ2n) is 7.45. The number of amides is 1. The standard InChI is InChI=1S/C17H23FN2O3.C2HF3O2/c1-19-10-17(8-16(19)21)11-20(5-6-23-12-17)9-13-3-4-14(22-2)7-15(13)18;3-2(4,5)1(6)7/h3-4,7H,5-6,8-12H2,1-2H3;(H,6,7). The summed E-state index contributed by atoms with van der Waals surface area (Å²) in [5, 5.41) is 7.12. The zero-order valence-corrected chi connectivity index (χ0v) is 16.7. The number of carbonyl (C=O) groups excluding carboxylic acids is 1. The molecular weight excluding hydrogens is 412 g/mol. The van der Waals surface area contributed by atoms with Crippen LogP contribution in [0.3, 0.4) is 0 Å². The van der Waals surface area contributed by atoms with E-state index in [9.17, 15) is 22.4 Å². The number of carboxylic acids is 1. The van der Waals surface area contributed by atoms with Gasteiger partial charge < -0.3 is 19.5 Å². The number of aliphatic carboxylic acids is 1. The maximum Gasteiger partial charge on any atom is 0.490 e. The van der Waals surface area contributed by atoms with Crippen molar-refractivity contribution in [1.82, 2.24) is 9.80 Å². The lowest BCUT2D eigenvalue weighted by Crippen LogP contribution is -2.40. The van der Waals surface area contributed by atoms with Crippen LogP contribution in [-0.4, -0.2) is 80.0 Å². The van der Waals surface area contributed by atoms with Crippen LogP contribution in [0.15, 0.2) is 18.2 Å². The molecule has 168 valence electrons. The lowest BCUT2D eigenvalue weighted by molar-refractivity contribution is -0.192. The normalized spacial score (nSPS) is 22.5. The number of halogens is 4. The van der Waals surface area contributed by atoms with Crippen molar-refractivity contribution in [3.05, 3.63) is 29.6 Å². The van der Waals surface area contributed by atoms with E-state index in [4.69, 9.17) is 19.4 Å². The molecule has 2 heterocycles. The minimum atomic E-state index is -5.08. The third-order valence-corrected chi connectivity index (χ3v) is 4.94. The molecule has 0 radical (unpaired) electrons. The van der Waals surface area contributed by atoms with Crippen LogP contribution in [0.4, 0.5) is 17.6 Å². The van der Waals surface area contributed by atoms with Crippen LogP contribution in [0.2, 0.25) is 0 Å². The van der Waals surface area contributed by atoms with Gasteiger partial charge in [-0.1, -0.05) is 6.07 Å². The molecule has 11 heteroatoms. The van der Waals surface area contributed by atoms with Crippen LogP contribution in [0, 0.1) is 11.2 Å². The van der Waals surface area contributed by atoms with E-state index in [1.165, 1.54) is 13.2 Å². The number of hydrogen-bond donors (Lipinski definition) is 1. The number of rotatable bonds is 3. The Balaban J connectivity index is 0.000000396. The molecule has 30 heavy (non-hydrogen) atoms. The van der Waals surface area contributed by atoms with Gasteiger partial charge in [-0.25, -0.2) is 9.18 Å². The molecule has 2 saturated heterocycles. The molecule has 2 aliphatic rings. The maximum atomic E-state index is 14.2. The molecule has 1 aromatic rings. The molecule has 3 rings (SSSR count). The van der Waals surface area contributed by atoms with Crippen LogP contribution < -0.4 is 4.74 Å². The molecule has 1 N–H and O–H groups in total. The summed E-state index contributed by atoms with van der Waals surface area (Å²) in [4.78, 5) is 24.8. The Kier molecular flexibility index (Phi) is 7.64. The third-order valence-electron chi connectivity index (χ3n) is 4.94. The highest BCUT2D eigenvalue weighted by molar-refractivity contribution is 5.79. The minimum absolute atomic E-state index is 0.158. The van der Waals surface area contributed by atoms with Crippen molar-refractivity contribution in [2.45, 2.75) is 19.1 Å². The topological polar surface area (TPSA) is 79.3 Å². The number of ether oxygens (including phenoxy) is 2. The van der Waals surface area contributed by atoms with Crippen LogP contribution in [0.1, 0.15) is 12.0 Å². The number of hydrogen-bond acceptors (Lipinski definition) is 5. The van der Waals surface area contributed by atoms with Crippen molar-refractivity contribution < 1.29 is 41.7 Å². The van der Waals surface area contributed by atoms with E-state index in [1.54, 1.807) is 17.0 Å². The van der Waals surface area contributed by atoms with E-state index < -0.39 is 12.1 Å². The fourth-order valence-corrected chi connectivity index (χ4v) is 3.55. The second-order valence-corrected chi connectivity index (χ2v) is 7.45. The molecule has 1 atom stereocenters. The Bertz CT molecular complexity index is 774. The zero-order valence-electron chi connectivity index (χ0n) is 16.7. The lowest BCUT2D eigenvalue weighted by Gasteiger charge is -2.31. The molecule has 1 amide bonds. The molecule has 1 aromatic carbocycles. The van der Waals surface area contributed by atoms with Gasteiger partial charge in [0.15, 0.2) is 0 Å². The highest BCUT2D eigenvalue weighted by Gasteiger charge is 2.44. The zero-order chi connectivity index (χ0) is 22.5. The van der Waals surface area contributed by atoms with Gasteiger partial charge in [0.25, 0.3) is 0 Å². The first-order valence-corrected chi connectivity index (χ1v) is 9.12. The van der Waals surface area contributed by atoms with Gasteiger partial charge >= 0.3 is 12.1 Å². The molecule has 2 aliphatic heterocycles. The predicted octanol–water partition coefficient (Wildman–Crippen LogP) is 2.15. The second kappa shape index (κ2) is 9.61. The van der Waals surface area contributed by atoms with E-state index in [1.807, 2.05) is 7.05 Å². The van der Waals surface area contributed by atoms with Gasteiger partial charge in [0, 0.05) is 56.7 Å². The van der Waals surface area contributed by atoms with Gasteiger partial charge in [0.05, 0.1) is 20.3 Å². The summed E-state index contributed by atoms with van der Waals surface area (Å²) >= 11 is 0. The van der Waals surface area contributed by atoms with E-state index in [0.29, 0.717) is 44.0 Å². The minimum Gasteiger partial charge on any atom is -0.497 e. The Morgan fingerprint density at radius 1 is 1.33 bits per heavy atom. The van der Waals surface area contributed by atoms with E-state index in [2.05, 4.69) is 4.90 Å². The van der Waals surface area contributed by atoms with Crippen LogP contribution in [-0.2, 0) is 20.9 Å². The van der Waals surface area contributed by atoms with Crippen molar-refractivity contribution >= 4 is 11.9 Å². The Morgan fingerprint density at radius 2 is 2.00 bits per heavy atom. The van der Waals surface area contributed by atoms with Crippen LogP contribution in [0.25, 0.3) is 0 Å². The van der Waals surface area contributed by atoms with Gasteiger partial charge in [-0.05, 0) is 6.07 Å². The molecule has 2 fully saturated rings. The third kappa shape index (κ3) is 6.30. The SMILES string of the molecule is COc1ccc(CN2CCOCC3(CC(=O)N(C)C3)C2)c(F)c1.O=C(O)C(F)(F)F. The van der Waals surface area contributed by atoms with E-state index in [0.717, 1.165) is 13.1 Å². The first kappa shape index (κ1) is 23.9. The van der Waals surface area contributed by atoms with Crippen molar-refractivity contribution in [3.63, 3.8) is 0 Å². The molecule has 0 aromatic heterocycles. The fourth-order valence-electron chi connectivity index (χ4n) is 3.55. The summed E-state index contributed by atoms with van der Waals surface area (Å²) < 4.78 is 56.7. The molecule has 0 saturated carbocycles. The smallest absolute Gasteiger partial charge is 0.490 e. The maximum absolute atomic E-state index is 14.2. The molecule has 1 spiro atoms. The lowest BCUT2D eigenvalue weighted by atomic mass is 9.87. The predicted molar refractivity (Wildman–Crippen MR) is 97.4 cm³/mol. The van der Waals surface area contributed by atoms with Gasteiger partial charge in [-0.15, -0.1) is 0 Å². The monoisotopic (exact) mass is 436 g/mol. The first-order valence-electron chi connectivity index (χ1n) is 9.12. The first-order chi connectivity index (χ1) is 14.0. The molecule has 7 nitrogen and oxygen atoms in total. The summed E-state index contributed by atoms with van der Waals surface area (Å²) in [5.41, 5.74) is 0.464. The van der Waals surface area contributed by atoms with Gasteiger partial charge in [0.1, 0.15) is 11.6 Å². The van der Waals surface area contributed by atoms with Crippen molar-refractivity contribution in [2.75, 3.05) is 47.0 Å². The van der Waals surface area contributed by atoms with Crippen LogP contribution in [0.5, 0.6) is 5.75 Å². The van der Waals surface area contributed by atoms with Crippen molar-refractivity contribution in [3.8, 4) is 5.75 Å². The number of carboxylic acid groups (broad SMARTS) is 1. The summed E-state index contributed by atoms with van der Waals surface area (Å²) in [5.74, 6) is -2.34. The number of likely N-dealkylation sites (tertiary alicyclic amines) is 1. The van der Waals surface area contributed by atoms with Gasteiger partial charge in [-0.3, -0.25) is 9.69 Å². The molecule has 0 bridgehead atoms. The van der Waals surface area contributed by atoms with E-state index in [-0.39, 0.29) is 17.1 Å². The largest absolute Gasteiger partial charge is 0.497 e. The summed E-state index contributed by atoms with van der Waals surface area (Å²) in [6.07, 6.45) is -4.58. The number of nitrogens with zero attached hydrogens (tertiary/aromatic N) is 2. The summed E-state index contributed by atoms with van der Waals surface area (Å²) in [6, 6.07) is 4.94. The number of alkyl halides is 3. The Morgan fingerprint density at radius 3 is 2.50 bits per heavy atom. The average Bonchev–Trinajstić information content (AvgIpc) is 2.81. The molecule has 0 aliphatic carbocycles. The van der Waals surface area contributed by atoms with Gasteiger partial charge in [-0.2, -0.15) is 13.2 Å². The van der Waals surface area contributed by atoms with Gasteiger partial charge in [0.2, 0.25) is 5.91 Å². The highest BCUT2D eigenvalue weighted by Crippen LogP contribution is 2.34. The van der Waals surface area contributed by atoms with Crippen molar-refractivity contribution in [2.24, 2.45) is 5.41 Å². The van der Waals surface area contributed by atoms with Crippen molar-refractivity contribution in [1.29, 1.82) is 0 Å². The summed E-state index contributed by atoms with van der Waals surface area (Å²) in [6.45, 7) is 3.90. The summed E-state index contributed by atoms with van der Waals surface area (Å²) in [7, 11) is 3.35. The number of benzene rings is 1. The molecular formula is C19H24F4N2O5. The molecule has 1 unspecified atom stereocenters. The average molecular weight is 436 g/mol. The number of carbonyl (C=O) groups is 2. The fraction of sp³-hybridized carbons (Fsp3) is 0.579. The number of methoxy groups -OCH3 is 1. The Hall–Kier alpha value is -2.40. The van der Waals surface area contributed by atoms with Crippen LogP contribution >= 0.6 is 0 Å². The van der Waals surface area contributed by atoms with E-state index >= 15 is 0 Å². The highest BCUT2D eigenvalue weighted by atomic mass is 19.4.